The number of carbonyl (C=O) groups excluding carboxylic acids is 1. The van der Waals surface area contributed by atoms with Crippen molar-refractivity contribution in [2.45, 2.75) is 13.5 Å². The van der Waals surface area contributed by atoms with Gasteiger partial charge in [-0.1, -0.05) is 0 Å². The molecule has 0 fully saturated rings. The molecule has 0 radical (unpaired) electrons. The quantitative estimate of drug-likeness (QED) is 0.761. The van der Waals surface area contributed by atoms with Crippen molar-refractivity contribution in [3.05, 3.63) is 23.3 Å². The lowest BCUT2D eigenvalue weighted by molar-refractivity contribution is -0.126. The van der Waals surface area contributed by atoms with E-state index >= 15 is 0 Å². The van der Waals surface area contributed by atoms with Gasteiger partial charge in [-0.2, -0.15) is 0 Å². The number of fused-ring (bicyclic) bond motifs is 1. The number of amides is 1. The maximum atomic E-state index is 11.2. The molecule has 0 aromatic heterocycles. The fourth-order valence-electron chi connectivity index (χ4n) is 1.82. The molecule has 6 nitrogen and oxygen atoms in total. The van der Waals surface area contributed by atoms with Gasteiger partial charge in [0.25, 0.3) is 5.91 Å². The number of hydrogen-bond donors (Lipinski definition) is 2. The summed E-state index contributed by atoms with van der Waals surface area (Å²) >= 11 is 0. The normalized spacial score (nSPS) is 13.2. The lowest BCUT2D eigenvalue weighted by Gasteiger charge is -2.20. The lowest BCUT2D eigenvalue weighted by atomic mass is 10.1. The minimum atomic E-state index is -0.210. The second kappa shape index (κ2) is 6.40. The minimum Gasteiger partial charge on any atom is -0.486 e. The maximum Gasteiger partial charge on any atom is 0.260 e. The molecule has 0 bridgehead atoms. The molecule has 1 heterocycles. The van der Waals surface area contributed by atoms with Crippen molar-refractivity contribution in [1.29, 1.82) is 0 Å². The number of benzene rings is 1. The Balaban J connectivity index is 1.95. The van der Waals surface area contributed by atoms with Crippen LogP contribution in [0.1, 0.15) is 11.1 Å². The Labute approximate surface area is 112 Å². The van der Waals surface area contributed by atoms with Gasteiger partial charge < -0.3 is 14.2 Å². The molecule has 104 valence electrons. The molecular formula is C13H18N2O4. The van der Waals surface area contributed by atoms with Crippen LogP contribution in [0.5, 0.6) is 11.5 Å². The molecule has 2 N–H and O–H groups in total. The van der Waals surface area contributed by atoms with Gasteiger partial charge in [0.05, 0.1) is 6.61 Å². The van der Waals surface area contributed by atoms with E-state index in [9.17, 15) is 4.79 Å². The van der Waals surface area contributed by atoms with E-state index in [0.717, 1.165) is 22.6 Å². The fourth-order valence-corrected chi connectivity index (χ4v) is 1.82. The first kappa shape index (κ1) is 13.6. The first-order valence-corrected chi connectivity index (χ1v) is 6.13. The average Bonchev–Trinajstić information content (AvgIpc) is 2.39. The number of nitrogens with one attached hydrogen (secondary N) is 2. The average molecular weight is 266 g/mol. The summed E-state index contributed by atoms with van der Waals surface area (Å²) in [6.45, 7) is 3.48. The van der Waals surface area contributed by atoms with Crippen LogP contribution in [0.2, 0.25) is 0 Å². The highest BCUT2D eigenvalue weighted by molar-refractivity contribution is 5.76. The molecule has 1 aliphatic rings. The van der Waals surface area contributed by atoms with Crippen LogP contribution in [0.25, 0.3) is 0 Å². The van der Waals surface area contributed by atoms with Gasteiger partial charge in [-0.25, -0.2) is 5.43 Å². The van der Waals surface area contributed by atoms with Gasteiger partial charge in [0.15, 0.2) is 11.5 Å². The number of aryl methyl sites for hydroxylation is 1. The van der Waals surface area contributed by atoms with E-state index in [1.807, 2.05) is 19.1 Å². The first-order chi connectivity index (χ1) is 9.20. The lowest BCUT2D eigenvalue weighted by Crippen LogP contribution is -2.36. The number of hydrogen-bond acceptors (Lipinski definition) is 5. The van der Waals surface area contributed by atoms with Crippen molar-refractivity contribution in [1.82, 2.24) is 10.9 Å². The van der Waals surface area contributed by atoms with Crippen LogP contribution >= 0.6 is 0 Å². The minimum absolute atomic E-state index is 0.00865. The van der Waals surface area contributed by atoms with Gasteiger partial charge >= 0.3 is 0 Å². The zero-order valence-corrected chi connectivity index (χ0v) is 11.1. The third kappa shape index (κ3) is 3.59. The van der Waals surface area contributed by atoms with Crippen molar-refractivity contribution in [3.8, 4) is 11.5 Å². The molecule has 0 saturated carbocycles. The number of carbonyl (C=O) groups is 1. The Hall–Kier alpha value is -1.79. The Morgan fingerprint density at radius 3 is 2.68 bits per heavy atom. The highest BCUT2D eigenvalue weighted by atomic mass is 16.6. The Bertz CT molecular complexity index is 462. The molecule has 19 heavy (non-hydrogen) atoms. The summed E-state index contributed by atoms with van der Waals surface area (Å²) in [5.41, 5.74) is 7.03. The monoisotopic (exact) mass is 266 g/mol. The van der Waals surface area contributed by atoms with Crippen LogP contribution < -0.4 is 20.3 Å². The number of ether oxygens (including phenoxy) is 3. The van der Waals surface area contributed by atoms with E-state index < -0.39 is 0 Å². The molecule has 0 unspecified atom stereocenters. The SMILES string of the molecule is CNNC(=O)COCc1cc2c(cc1C)OCCO2. The van der Waals surface area contributed by atoms with Crippen molar-refractivity contribution in [2.24, 2.45) is 0 Å². The number of hydrazine groups is 1. The third-order valence-electron chi connectivity index (χ3n) is 2.76. The predicted octanol–water partition coefficient (Wildman–Crippen LogP) is 0.533. The second-order valence-corrected chi connectivity index (χ2v) is 4.21. The molecule has 1 aliphatic heterocycles. The Morgan fingerprint density at radius 2 is 2.00 bits per heavy atom. The summed E-state index contributed by atoms with van der Waals surface area (Å²) in [5, 5.41) is 0. The Kier molecular flexibility index (Phi) is 4.59. The van der Waals surface area contributed by atoms with E-state index in [0.29, 0.717) is 19.8 Å². The van der Waals surface area contributed by atoms with Crippen molar-refractivity contribution < 1.29 is 19.0 Å². The van der Waals surface area contributed by atoms with Crippen LogP contribution in [0.15, 0.2) is 12.1 Å². The summed E-state index contributed by atoms with van der Waals surface area (Å²) in [6.07, 6.45) is 0. The van der Waals surface area contributed by atoms with Gasteiger partial charge in [-0.3, -0.25) is 10.2 Å². The van der Waals surface area contributed by atoms with Crippen LogP contribution in [-0.2, 0) is 16.1 Å². The summed E-state index contributed by atoms with van der Waals surface area (Å²) in [4.78, 5) is 11.2. The topological polar surface area (TPSA) is 68.8 Å². The second-order valence-electron chi connectivity index (χ2n) is 4.21. The van der Waals surface area contributed by atoms with E-state index in [1.165, 1.54) is 0 Å². The molecular weight excluding hydrogens is 248 g/mol. The molecule has 0 aliphatic carbocycles. The summed E-state index contributed by atoms with van der Waals surface area (Å²) in [5.74, 6) is 1.29. The van der Waals surface area contributed by atoms with E-state index in [1.54, 1.807) is 7.05 Å². The van der Waals surface area contributed by atoms with Crippen molar-refractivity contribution in [2.75, 3.05) is 26.9 Å². The van der Waals surface area contributed by atoms with Gasteiger partial charge in [-0.05, 0) is 30.2 Å². The molecule has 6 heteroatoms. The third-order valence-corrected chi connectivity index (χ3v) is 2.76. The molecule has 0 spiro atoms. The maximum absolute atomic E-state index is 11.2. The summed E-state index contributed by atoms with van der Waals surface area (Å²) in [7, 11) is 1.63. The summed E-state index contributed by atoms with van der Waals surface area (Å²) < 4.78 is 16.4. The van der Waals surface area contributed by atoms with Crippen molar-refractivity contribution in [3.63, 3.8) is 0 Å². The largest absolute Gasteiger partial charge is 0.486 e. The van der Waals surface area contributed by atoms with Crippen LogP contribution in [0.3, 0.4) is 0 Å². The van der Waals surface area contributed by atoms with Crippen LogP contribution in [0.4, 0.5) is 0 Å². The van der Waals surface area contributed by atoms with E-state index in [-0.39, 0.29) is 12.5 Å². The number of rotatable bonds is 5. The fraction of sp³-hybridized carbons (Fsp3) is 0.462. The Morgan fingerprint density at radius 1 is 1.32 bits per heavy atom. The molecule has 2 rings (SSSR count). The molecule has 1 aromatic rings. The highest BCUT2D eigenvalue weighted by Gasteiger charge is 2.14. The van der Waals surface area contributed by atoms with Crippen LogP contribution in [-0.4, -0.2) is 32.8 Å². The van der Waals surface area contributed by atoms with Gasteiger partial charge in [0.1, 0.15) is 19.8 Å². The van der Waals surface area contributed by atoms with Crippen LogP contribution in [0, 0.1) is 6.92 Å². The highest BCUT2D eigenvalue weighted by Crippen LogP contribution is 2.33. The van der Waals surface area contributed by atoms with Gasteiger partial charge in [0, 0.05) is 7.05 Å². The molecule has 0 saturated heterocycles. The van der Waals surface area contributed by atoms with Gasteiger partial charge in [-0.15, -0.1) is 0 Å². The first-order valence-electron chi connectivity index (χ1n) is 6.13. The van der Waals surface area contributed by atoms with Crippen molar-refractivity contribution >= 4 is 5.91 Å². The standard InChI is InChI=1S/C13H18N2O4/c1-9-5-11-12(19-4-3-18-11)6-10(9)7-17-8-13(16)15-14-2/h5-6,14H,3-4,7-8H2,1-2H3,(H,15,16). The van der Waals surface area contributed by atoms with E-state index in [2.05, 4.69) is 10.9 Å². The van der Waals surface area contributed by atoms with E-state index in [4.69, 9.17) is 14.2 Å². The summed E-state index contributed by atoms with van der Waals surface area (Å²) in [6, 6.07) is 3.83. The smallest absolute Gasteiger partial charge is 0.260 e. The molecule has 1 aromatic carbocycles. The molecule has 1 amide bonds. The predicted molar refractivity (Wildman–Crippen MR) is 69.0 cm³/mol. The van der Waals surface area contributed by atoms with Gasteiger partial charge in [0.2, 0.25) is 0 Å². The molecule has 0 atom stereocenters. The zero-order chi connectivity index (χ0) is 13.7. The zero-order valence-electron chi connectivity index (χ0n) is 11.1.